The summed E-state index contributed by atoms with van der Waals surface area (Å²) in [5.41, 5.74) is 2.56. The van der Waals surface area contributed by atoms with Crippen molar-refractivity contribution in [2.45, 2.75) is 33.1 Å². The molecule has 3 aromatic carbocycles. The number of rotatable bonds is 11. The molecule has 1 amide bonds. The third kappa shape index (κ3) is 8.87. The van der Waals surface area contributed by atoms with E-state index in [4.69, 9.17) is 21.7 Å². The van der Waals surface area contributed by atoms with Crippen molar-refractivity contribution >= 4 is 28.9 Å². The van der Waals surface area contributed by atoms with Crippen molar-refractivity contribution in [1.82, 2.24) is 5.32 Å². The van der Waals surface area contributed by atoms with Crippen LogP contribution in [0.5, 0.6) is 11.5 Å². The summed E-state index contributed by atoms with van der Waals surface area (Å²) >= 11 is 5.31. The molecular formula is C28H32N2O3S. The molecule has 0 unspecified atom stereocenters. The summed E-state index contributed by atoms with van der Waals surface area (Å²) in [6.45, 7) is 5.60. The van der Waals surface area contributed by atoms with Crippen LogP contribution in [-0.2, 0) is 6.42 Å². The number of hydrogen-bond acceptors (Lipinski definition) is 4. The number of anilines is 1. The van der Waals surface area contributed by atoms with Gasteiger partial charge >= 0.3 is 0 Å². The highest BCUT2D eigenvalue weighted by Crippen LogP contribution is 2.18. The van der Waals surface area contributed by atoms with E-state index in [2.05, 4.69) is 36.6 Å². The minimum Gasteiger partial charge on any atom is -0.494 e. The van der Waals surface area contributed by atoms with Gasteiger partial charge in [-0.05, 0) is 79.4 Å². The van der Waals surface area contributed by atoms with Gasteiger partial charge in [0.2, 0.25) is 0 Å². The molecule has 0 atom stereocenters. The van der Waals surface area contributed by atoms with Gasteiger partial charge in [0.15, 0.2) is 5.11 Å². The standard InChI is InChI=1S/C28H32N2O3S/c1-21(2)17-19-33-25-15-13-23(14-16-25)27(31)30-28(34)29-24-11-6-12-26(20-24)32-18-7-10-22-8-4-3-5-9-22/h3-6,8-9,11-16,20-21H,7,10,17-19H2,1-2H3,(H2,29,30,31,34). The van der Waals surface area contributed by atoms with Crippen molar-refractivity contribution in [3.05, 3.63) is 90.0 Å². The molecule has 178 valence electrons. The lowest BCUT2D eigenvalue weighted by molar-refractivity contribution is 0.0977. The predicted molar refractivity (Wildman–Crippen MR) is 142 cm³/mol. The first kappa shape index (κ1) is 25.2. The topological polar surface area (TPSA) is 59.6 Å². The van der Waals surface area contributed by atoms with Crippen molar-refractivity contribution in [3.63, 3.8) is 0 Å². The van der Waals surface area contributed by atoms with Gasteiger partial charge in [0.1, 0.15) is 11.5 Å². The number of aryl methyl sites for hydroxylation is 1. The van der Waals surface area contributed by atoms with Crippen LogP contribution in [0, 0.1) is 5.92 Å². The van der Waals surface area contributed by atoms with Gasteiger partial charge in [0, 0.05) is 17.3 Å². The molecule has 3 aromatic rings. The lowest BCUT2D eigenvalue weighted by Gasteiger charge is -2.12. The Hall–Kier alpha value is -3.38. The zero-order valence-electron chi connectivity index (χ0n) is 19.8. The second-order valence-electron chi connectivity index (χ2n) is 8.43. The van der Waals surface area contributed by atoms with Crippen molar-refractivity contribution in [3.8, 4) is 11.5 Å². The average Bonchev–Trinajstić information content (AvgIpc) is 2.83. The van der Waals surface area contributed by atoms with Crippen LogP contribution >= 0.6 is 12.2 Å². The Morgan fingerprint density at radius 1 is 0.882 bits per heavy atom. The van der Waals surface area contributed by atoms with E-state index >= 15 is 0 Å². The molecule has 0 heterocycles. The Kier molecular flexibility index (Phi) is 9.92. The predicted octanol–water partition coefficient (Wildman–Crippen LogP) is 6.25. The first-order valence-electron chi connectivity index (χ1n) is 11.6. The maximum absolute atomic E-state index is 12.5. The summed E-state index contributed by atoms with van der Waals surface area (Å²) in [6.07, 6.45) is 2.89. The van der Waals surface area contributed by atoms with E-state index in [1.54, 1.807) is 24.3 Å². The minimum atomic E-state index is -0.278. The fraction of sp³-hybridized carbons (Fsp3) is 0.286. The van der Waals surface area contributed by atoms with E-state index in [1.165, 1.54) is 5.56 Å². The number of ether oxygens (including phenoxy) is 2. The molecule has 5 nitrogen and oxygen atoms in total. The van der Waals surface area contributed by atoms with E-state index in [0.29, 0.717) is 24.7 Å². The zero-order valence-corrected chi connectivity index (χ0v) is 20.6. The fourth-order valence-electron chi connectivity index (χ4n) is 3.23. The van der Waals surface area contributed by atoms with Crippen molar-refractivity contribution < 1.29 is 14.3 Å². The number of benzene rings is 3. The first-order chi connectivity index (χ1) is 16.5. The van der Waals surface area contributed by atoms with Gasteiger partial charge in [-0.15, -0.1) is 0 Å². The first-order valence-corrected chi connectivity index (χ1v) is 12.0. The molecule has 0 aliphatic carbocycles. The molecule has 0 aliphatic heterocycles. The second-order valence-corrected chi connectivity index (χ2v) is 8.84. The highest BCUT2D eigenvalue weighted by atomic mass is 32.1. The van der Waals surface area contributed by atoms with E-state index in [1.807, 2.05) is 42.5 Å². The third-order valence-corrected chi connectivity index (χ3v) is 5.32. The van der Waals surface area contributed by atoms with Crippen LogP contribution in [0.1, 0.15) is 42.6 Å². The lowest BCUT2D eigenvalue weighted by atomic mass is 10.1. The maximum Gasteiger partial charge on any atom is 0.257 e. The third-order valence-electron chi connectivity index (χ3n) is 5.12. The Morgan fingerprint density at radius 2 is 1.62 bits per heavy atom. The quantitative estimate of drug-likeness (QED) is 0.253. The summed E-state index contributed by atoms with van der Waals surface area (Å²) in [5.74, 6) is 1.81. The molecule has 3 rings (SSSR count). The van der Waals surface area contributed by atoms with Crippen LogP contribution in [0.3, 0.4) is 0 Å². The normalized spacial score (nSPS) is 10.6. The molecule has 34 heavy (non-hydrogen) atoms. The summed E-state index contributed by atoms with van der Waals surface area (Å²) in [7, 11) is 0. The Morgan fingerprint density at radius 3 is 2.35 bits per heavy atom. The lowest BCUT2D eigenvalue weighted by Crippen LogP contribution is -2.34. The highest BCUT2D eigenvalue weighted by molar-refractivity contribution is 7.80. The van der Waals surface area contributed by atoms with Gasteiger partial charge in [-0.2, -0.15) is 0 Å². The van der Waals surface area contributed by atoms with Gasteiger partial charge in [-0.3, -0.25) is 10.1 Å². The van der Waals surface area contributed by atoms with E-state index in [9.17, 15) is 4.79 Å². The summed E-state index contributed by atoms with van der Waals surface area (Å²) < 4.78 is 11.6. The summed E-state index contributed by atoms with van der Waals surface area (Å²) in [6, 6.07) is 24.9. The van der Waals surface area contributed by atoms with Crippen LogP contribution in [0.15, 0.2) is 78.9 Å². The highest BCUT2D eigenvalue weighted by Gasteiger charge is 2.09. The molecule has 0 spiro atoms. The zero-order chi connectivity index (χ0) is 24.2. The molecule has 0 radical (unpaired) electrons. The maximum atomic E-state index is 12.5. The molecule has 0 saturated carbocycles. The second kappa shape index (κ2) is 13.4. The number of amides is 1. The number of carbonyl (C=O) groups excluding carboxylic acids is 1. The summed E-state index contributed by atoms with van der Waals surface area (Å²) in [5, 5.41) is 5.98. The Balaban J connectivity index is 1.42. The average molecular weight is 477 g/mol. The monoisotopic (exact) mass is 476 g/mol. The van der Waals surface area contributed by atoms with Crippen LogP contribution in [-0.4, -0.2) is 24.2 Å². The largest absolute Gasteiger partial charge is 0.494 e. The minimum absolute atomic E-state index is 0.225. The smallest absolute Gasteiger partial charge is 0.257 e. The molecule has 0 fully saturated rings. The number of carbonyl (C=O) groups is 1. The molecular weight excluding hydrogens is 444 g/mol. The van der Waals surface area contributed by atoms with E-state index in [0.717, 1.165) is 36.4 Å². The van der Waals surface area contributed by atoms with E-state index < -0.39 is 0 Å². The van der Waals surface area contributed by atoms with Crippen LogP contribution in [0.2, 0.25) is 0 Å². The molecule has 6 heteroatoms. The molecule has 0 bridgehead atoms. The van der Waals surface area contributed by atoms with Crippen molar-refractivity contribution in [2.75, 3.05) is 18.5 Å². The SMILES string of the molecule is CC(C)CCOc1ccc(C(=O)NC(=S)Nc2cccc(OCCCc3ccccc3)c2)cc1. The van der Waals surface area contributed by atoms with Gasteiger partial charge in [0.25, 0.3) is 5.91 Å². The van der Waals surface area contributed by atoms with Crippen LogP contribution < -0.4 is 20.1 Å². The van der Waals surface area contributed by atoms with Crippen molar-refractivity contribution in [1.29, 1.82) is 0 Å². The number of nitrogens with one attached hydrogen (secondary N) is 2. The van der Waals surface area contributed by atoms with Gasteiger partial charge in [0.05, 0.1) is 13.2 Å². The fourth-order valence-corrected chi connectivity index (χ4v) is 3.44. The van der Waals surface area contributed by atoms with Crippen LogP contribution in [0.4, 0.5) is 5.69 Å². The van der Waals surface area contributed by atoms with E-state index in [-0.39, 0.29) is 11.0 Å². The van der Waals surface area contributed by atoms with Gasteiger partial charge in [-0.25, -0.2) is 0 Å². The molecule has 2 N–H and O–H groups in total. The van der Waals surface area contributed by atoms with Gasteiger partial charge < -0.3 is 14.8 Å². The Labute approximate surface area is 207 Å². The number of hydrogen-bond donors (Lipinski definition) is 2. The molecule has 0 aliphatic rings. The Bertz CT molecular complexity index is 1050. The van der Waals surface area contributed by atoms with Gasteiger partial charge in [-0.1, -0.05) is 50.2 Å². The van der Waals surface area contributed by atoms with Crippen LogP contribution in [0.25, 0.3) is 0 Å². The molecule has 0 saturated heterocycles. The van der Waals surface area contributed by atoms with Crippen molar-refractivity contribution in [2.24, 2.45) is 5.92 Å². The molecule has 0 aromatic heterocycles. The number of thiocarbonyl (C=S) groups is 1. The summed E-state index contributed by atoms with van der Waals surface area (Å²) in [4.78, 5) is 12.5.